The molecule has 102 valence electrons. The van der Waals surface area contributed by atoms with E-state index >= 15 is 0 Å². The molecule has 0 amide bonds. The van der Waals surface area contributed by atoms with Gasteiger partial charge in [-0.1, -0.05) is 0 Å². The summed E-state index contributed by atoms with van der Waals surface area (Å²) in [6.45, 7) is 0.547. The Hall–Kier alpha value is -0.850. The van der Waals surface area contributed by atoms with E-state index in [1.807, 2.05) is 29.9 Å². The summed E-state index contributed by atoms with van der Waals surface area (Å²) < 4.78 is 9.39. The molecule has 1 aromatic carbocycles. The third-order valence-corrected chi connectivity index (χ3v) is 3.91. The molecule has 0 aliphatic carbocycles. The van der Waals surface area contributed by atoms with E-state index in [4.69, 9.17) is 9.84 Å². The number of ether oxygens (including phenoxy) is 1. The molecule has 1 heterocycles. The maximum absolute atomic E-state index is 9.12. The van der Waals surface area contributed by atoms with E-state index < -0.39 is 0 Å². The second-order valence-electron chi connectivity index (χ2n) is 4.10. The summed E-state index contributed by atoms with van der Waals surface area (Å²) in [7, 11) is 1.96. The zero-order valence-electron chi connectivity index (χ0n) is 10.4. The van der Waals surface area contributed by atoms with Gasteiger partial charge in [0.05, 0.1) is 22.2 Å². The number of aliphatic hydroxyl groups is 1. The number of hydrogen-bond donors (Lipinski definition) is 1. The van der Waals surface area contributed by atoms with Gasteiger partial charge in [0.2, 0.25) is 0 Å². The Kier molecular flexibility index (Phi) is 5.01. The van der Waals surface area contributed by atoms with Crippen molar-refractivity contribution in [3.8, 4) is 5.75 Å². The van der Waals surface area contributed by atoms with Crippen molar-refractivity contribution in [2.75, 3.05) is 6.61 Å². The van der Waals surface area contributed by atoms with Gasteiger partial charge < -0.3 is 14.4 Å². The fourth-order valence-corrected chi connectivity index (χ4v) is 3.23. The van der Waals surface area contributed by atoms with Gasteiger partial charge in [-0.3, -0.25) is 0 Å². The van der Waals surface area contributed by atoms with Crippen molar-refractivity contribution in [2.24, 2.45) is 7.05 Å². The first kappa shape index (κ1) is 14.6. The van der Waals surface area contributed by atoms with Crippen LogP contribution in [0.3, 0.4) is 0 Å². The van der Waals surface area contributed by atoms with E-state index in [0.717, 1.165) is 32.5 Å². The van der Waals surface area contributed by atoms with Crippen LogP contribution in [-0.4, -0.2) is 21.3 Å². The molecule has 0 bridgehead atoms. The molecule has 0 spiro atoms. The summed E-state index contributed by atoms with van der Waals surface area (Å²) in [5.41, 5.74) is 0.829. The second-order valence-corrected chi connectivity index (χ2v) is 5.81. The Morgan fingerprint density at radius 3 is 2.53 bits per heavy atom. The van der Waals surface area contributed by atoms with E-state index in [-0.39, 0.29) is 6.61 Å². The van der Waals surface area contributed by atoms with Crippen LogP contribution < -0.4 is 4.74 Å². The first-order valence-corrected chi connectivity index (χ1v) is 7.38. The van der Waals surface area contributed by atoms with Crippen LogP contribution in [0.1, 0.15) is 11.4 Å². The fourth-order valence-electron chi connectivity index (χ4n) is 1.72. The van der Waals surface area contributed by atoms with Crippen LogP contribution in [0.5, 0.6) is 5.75 Å². The number of nitrogens with zero attached hydrogens (tertiary/aromatic N) is 2. The Bertz CT molecular complexity index is 547. The fraction of sp³-hybridized carbons (Fsp3) is 0.308. The molecule has 4 nitrogen and oxygen atoms in total. The van der Waals surface area contributed by atoms with Crippen LogP contribution in [0.2, 0.25) is 0 Å². The SMILES string of the molecule is Cn1ccnc1CCOc1c(Br)cc(CO)cc1Br. The lowest BCUT2D eigenvalue weighted by Gasteiger charge is -2.11. The first-order valence-electron chi connectivity index (χ1n) is 5.79. The zero-order valence-corrected chi connectivity index (χ0v) is 13.6. The lowest BCUT2D eigenvalue weighted by Crippen LogP contribution is -2.07. The minimum absolute atomic E-state index is 0.00471. The molecule has 0 aliphatic rings. The summed E-state index contributed by atoms with van der Waals surface area (Å²) in [5, 5.41) is 9.12. The number of rotatable bonds is 5. The van der Waals surface area contributed by atoms with Crippen molar-refractivity contribution in [1.29, 1.82) is 0 Å². The minimum Gasteiger partial charge on any atom is -0.491 e. The van der Waals surface area contributed by atoms with Gasteiger partial charge in [-0.15, -0.1) is 0 Å². The molecule has 0 unspecified atom stereocenters. The van der Waals surface area contributed by atoms with Crippen LogP contribution in [0.15, 0.2) is 33.5 Å². The van der Waals surface area contributed by atoms with Gasteiger partial charge in [0, 0.05) is 25.9 Å². The average molecular weight is 390 g/mol. The largest absolute Gasteiger partial charge is 0.491 e. The van der Waals surface area contributed by atoms with Crippen molar-refractivity contribution in [2.45, 2.75) is 13.0 Å². The maximum atomic E-state index is 9.12. The van der Waals surface area contributed by atoms with E-state index in [2.05, 4.69) is 36.8 Å². The smallest absolute Gasteiger partial charge is 0.147 e. The highest BCUT2D eigenvalue weighted by Crippen LogP contribution is 2.34. The molecule has 0 saturated carbocycles. The van der Waals surface area contributed by atoms with Crippen LogP contribution in [0.4, 0.5) is 0 Å². The van der Waals surface area contributed by atoms with Gasteiger partial charge in [-0.05, 0) is 49.6 Å². The third-order valence-electron chi connectivity index (χ3n) is 2.73. The summed E-state index contributed by atoms with van der Waals surface area (Å²) in [6.07, 6.45) is 4.43. The Morgan fingerprint density at radius 1 is 1.32 bits per heavy atom. The molecule has 1 N–H and O–H groups in total. The normalized spacial score (nSPS) is 10.7. The number of halogens is 2. The van der Waals surface area contributed by atoms with Crippen LogP contribution >= 0.6 is 31.9 Å². The Balaban J connectivity index is 2.02. The third kappa shape index (κ3) is 3.58. The quantitative estimate of drug-likeness (QED) is 0.854. The van der Waals surface area contributed by atoms with Gasteiger partial charge in [-0.25, -0.2) is 4.98 Å². The molecular weight excluding hydrogens is 376 g/mol. The maximum Gasteiger partial charge on any atom is 0.147 e. The summed E-state index contributed by atoms with van der Waals surface area (Å²) in [4.78, 5) is 4.25. The topological polar surface area (TPSA) is 47.3 Å². The van der Waals surface area contributed by atoms with Gasteiger partial charge in [0.25, 0.3) is 0 Å². The molecule has 0 radical (unpaired) electrons. The molecule has 6 heteroatoms. The highest BCUT2D eigenvalue weighted by atomic mass is 79.9. The predicted octanol–water partition coefficient (Wildman–Crippen LogP) is 3.06. The highest BCUT2D eigenvalue weighted by Gasteiger charge is 2.09. The molecule has 0 saturated heterocycles. The lowest BCUT2D eigenvalue weighted by molar-refractivity contribution is 0.280. The van der Waals surface area contributed by atoms with Crippen molar-refractivity contribution in [3.63, 3.8) is 0 Å². The zero-order chi connectivity index (χ0) is 13.8. The number of aromatic nitrogens is 2. The molecule has 0 aliphatic heterocycles. The van der Waals surface area contributed by atoms with Crippen molar-refractivity contribution >= 4 is 31.9 Å². The molecule has 19 heavy (non-hydrogen) atoms. The number of imidazole rings is 1. The molecule has 1 aromatic heterocycles. The van der Waals surface area contributed by atoms with E-state index in [1.165, 1.54) is 0 Å². The first-order chi connectivity index (χ1) is 9.11. The minimum atomic E-state index is 0.00471. The van der Waals surface area contributed by atoms with Crippen molar-refractivity contribution in [1.82, 2.24) is 9.55 Å². The van der Waals surface area contributed by atoms with Gasteiger partial charge in [-0.2, -0.15) is 0 Å². The monoisotopic (exact) mass is 388 g/mol. The Labute approximate surface area is 128 Å². The highest BCUT2D eigenvalue weighted by molar-refractivity contribution is 9.11. The molecule has 2 aromatic rings. The van der Waals surface area contributed by atoms with Crippen molar-refractivity contribution in [3.05, 3.63) is 44.9 Å². The van der Waals surface area contributed by atoms with E-state index in [9.17, 15) is 0 Å². The van der Waals surface area contributed by atoms with Crippen LogP contribution in [0.25, 0.3) is 0 Å². The van der Waals surface area contributed by atoms with Crippen molar-refractivity contribution < 1.29 is 9.84 Å². The number of aliphatic hydroxyl groups excluding tert-OH is 1. The van der Waals surface area contributed by atoms with Crippen LogP contribution in [0, 0.1) is 0 Å². The summed E-state index contributed by atoms with van der Waals surface area (Å²) >= 11 is 6.89. The lowest BCUT2D eigenvalue weighted by atomic mass is 10.2. The Morgan fingerprint density at radius 2 is 2.00 bits per heavy atom. The van der Waals surface area contributed by atoms with Crippen LogP contribution in [-0.2, 0) is 20.1 Å². The van der Waals surface area contributed by atoms with Gasteiger partial charge >= 0.3 is 0 Å². The summed E-state index contributed by atoms with van der Waals surface area (Å²) in [6, 6.07) is 3.70. The van der Waals surface area contributed by atoms with Gasteiger partial charge in [0.15, 0.2) is 0 Å². The van der Waals surface area contributed by atoms with Gasteiger partial charge in [0.1, 0.15) is 11.6 Å². The number of aryl methyl sites for hydroxylation is 1. The molecule has 2 rings (SSSR count). The van der Waals surface area contributed by atoms with E-state index in [0.29, 0.717) is 6.61 Å². The standard InChI is InChI=1S/C13H14Br2N2O2/c1-17-4-3-16-12(17)2-5-19-13-10(14)6-9(8-18)7-11(13)15/h3-4,6-7,18H,2,5,8H2,1H3. The molecule has 0 atom stereocenters. The average Bonchev–Trinajstić information content (AvgIpc) is 2.78. The second kappa shape index (κ2) is 6.54. The predicted molar refractivity (Wildman–Crippen MR) is 80.2 cm³/mol. The number of hydrogen-bond acceptors (Lipinski definition) is 3. The van der Waals surface area contributed by atoms with E-state index in [1.54, 1.807) is 6.20 Å². The molecular formula is C13H14Br2N2O2. The number of benzene rings is 1. The summed E-state index contributed by atoms with van der Waals surface area (Å²) in [5.74, 6) is 1.73. The molecule has 0 fully saturated rings.